The molecule has 0 aliphatic carbocycles. The van der Waals surface area contributed by atoms with Crippen LogP contribution < -0.4 is 9.47 Å². The lowest BCUT2D eigenvalue weighted by molar-refractivity contribution is 0.0913. The summed E-state index contributed by atoms with van der Waals surface area (Å²) in [5.74, 6) is 1.81. The van der Waals surface area contributed by atoms with Crippen molar-refractivity contribution in [3.8, 4) is 11.5 Å². The zero-order chi connectivity index (χ0) is 16.5. The SMILES string of the molecule is Cn1cccc1C(=O)CN1CCCC1c1ccc2c(c1)OCCO2. The largest absolute Gasteiger partial charge is 0.486 e. The van der Waals surface area contributed by atoms with Crippen molar-refractivity contribution >= 4 is 5.78 Å². The quantitative estimate of drug-likeness (QED) is 0.811. The van der Waals surface area contributed by atoms with Gasteiger partial charge in [-0.15, -0.1) is 0 Å². The molecular formula is C19H22N2O3. The van der Waals surface area contributed by atoms with Crippen LogP contribution in [0.4, 0.5) is 0 Å². The maximum atomic E-state index is 12.6. The Labute approximate surface area is 141 Å². The van der Waals surface area contributed by atoms with Gasteiger partial charge in [-0.05, 0) is 49.2 Å². The van der Waals surface area contributed by atoms with Gasteiger partial charge in [-0.1, -0.05) is 6.07 Å². The molecule has 3 heterocycles. The number of fused-ring (bicyclic) bond motifs is 1. The summed E-state index contributed by atoms with van der Waals surface area (Å²) in [6, 6.07) is 10.2. The fourth-order valence-electron chi connectivity index (χ4n) is 3.68. The number of ketones is 1. The highest BCUT2D eigenvalue weighted by molar-refractivity contribution is 5.96. The normalized spacial score (nSPS) is 20.3. The third-order valence-corrected chi connectivity index (χ3v) is 4.89. The number of Topliss-reactive ketones (excluding diaryl/α,β-unsaturated/α-hetero) is 1. The number of hydrogen-bond donors (Lipinski definition) is 0. The molecule has 0 spiro atoms. The lowest BCUT2D eigenvalue weighted by Crippen LogP contribution is -2.30. The molecule has 5 nitrogen and oxygen atoms in total. The average molecular weight is 326 g/mol. The Morgan fingerprint density at radius 1 is 1.21 bits per heavy atom. The second kappa shape index (κ2) is 6.32. The van der Waals surface area contributed by atoms with E-state index in [4.69, 9.17) is 9.47 Å². The Bertz CT molecular complexity index is 753. The van der Waals surface area contributed by atoms with Crippen LogP contribution in [0.15, 0.2) is 36.5 Å². The van der Waals surface area contributed by atoms with Gasteiger partial charge in [0, 0.05) is 19.3 Å². The van der Waals surface area contributed by atoms with Crippen molar-refractivity contribution in [2.45, 2.75) is 18.9 Å². The van der Waals surface area contributed by atoms with E-state index in [1.807, 2.05) is 36.0 Å². The van der Waals surface area contributed by atoms with E-state index in [2.05, 4.69) is 17.0 Å². The maximum Gasteiger partial charge on any atom is 0.193 e. The summed E-state index contributed by atoms with van der Waals surface area (Å²) in [5.41, 5.74) is 1.97. The first kappa shape index (κ1) is 15.3. The fourth-order valence-corrected chi connectivity index (χ4v) is 3.68. The molecule has 2 aliphatic rings. The minimum Gasteiger partial charge on any atom is -0.486 e. The van der Waals surface area contributed by atoms with Crippen LogP contribution in [-0.4, -0.2) is 41.6 Å². The highest BCUT2D eigenvalue weighted by atomic mass is 16.6. The first-order valence-electron chi connectivity index (χ1n) is 8.50. The monoisotopic (exact) mass is 326 g/mol. The Kier molecular flexibility index (Phi) is 4.02. The van der Waals surface area contributed by atoms with E-state index in [1.165, 1.54) is 5.56 Å². The average Bonchev–Trinajstić information content (AvgIpc) is 3.23. The predicted octanol–water partition coefficient (Wildman–Crippen LogP) is 2.82. The number of likely N-dealkylation sites (tertiary alicyclic amines) is 1. The van der Waals surface area contributed by atoms with Crippen LogP contribution in [0.25, 0.3) is 0 Å². The molecule has 126 valence electrons. The van der Waals surface area contributed by atoms with Gasteiger partial charge in [0.1, 0.15) is 13.2 Å². The zero-order valence-electron chi connectivity index (χ0n) is 13.9. The molecule has 5 heteroatoms. The molecule has 1 fully saturated rings. The van der Waals surface area contributed by atoms with Crippen molar-refractivity contribution in [2.75, 3.05) is 26.3 Å². The van der Waals surface area contributed by atoms with Crippen molar-refractivity contribution < 1.29 is 14.3 Å². The fraction of sp³-hybridized carbons (Fsp3) is 0.421. The molecule has 1 atom stereocenters. The molecule has 0 N–H and O–H groups in total. The highest BCUT2D eigenvalue weighted by Crippen LogP contribution is 2.38. The van der Waals surface area contributed by atoms with Crippen molar-refractivity contribution in [1.82, 2.24) is 9.47 Å². The number of ether oxygens (including phenoxy) is 2. The van der Waals surface area contributed by atoms with E-state index in [9.17, 15) is 4.79 Å². The molecule has 2 aromatic rings. The molecule has 0 amide bonds. The summed E-state index contributed by atoms with van der Waals surface area (Å²) in [5, 5.41) is 0. The van der Waals surface area contributed by atoms with Crippen LogP contribution in [0.5, 0.6) is 11.5 Å². The van der Waals surface area contributed by atoms with E-state index in [-0.39, 0.29) is 11.8 Å². The molecule has 1 unspecified atom stereocenters. The summed E-state index contributed by atoms with van der Waals surface area (Å²) in [4.78, 5) is 14.9. The number of benzene rings is 1. The smallest absolute Gasteiger partial charge is 0.193 e. The molecule has 0 bridgehead atoms. The molecule has 1 aromatic carbocycles. The minimum absolute atomic E-state index is 0.173. The summed E-state index contributed by atoms with van der Waals surface area (Å²) < 4.78 is 13.2. The van der Waals surface area contributed by atoms with Crippen molar-refractivity contribution in [3.05, 3.63) is 47.8 Å². The van der Waals surface area contributed by atoms with E-state index >= 15 is 0 Å². The van der Waals surface area contributed by atoms with Gasteiger partial charge in [-0.3, -0.25) is 9.69 Å². The summed E-state index contributed by atoms with van der Waals surface area (Å²) in [7, 11) is 1.91. The van der Waals surface area contributed by atoms with Crippen molar-refractivity contribution in [2.24, 2.45) is 7.05 Å². The second-order valence-corrected chi connectivity index (χ2v) is 6.46. The molecule has 2 aliphatic heterocycles. The molecule has 0 saturated carbocycles. The van der Waals surface area contributed by atoms with Gasteiger partial charge in [0.2, 0.25) is 0 Å². The van der Waals surface area contributed by atoms with E-state index in [0.717, 1.165) is 36.6 Å². The van der Waals surface area contributed by atoms with Gasteiger partial charge in [-0.25, -0.2) is 0 Å². The molecule has 1 aromatic heterocycles. The number of carbonyl (C=O) groups is 1. The summed E-state index contributed by atoms with van der Waals surface area (Å²) in [6.07, 6.45) is 4.09. The molecule has 24 heavy (non-hydrogen) atoms. The first-order chi connectivity index (χ1) is 11.7. The Balaban J connectivity index is 1.52. The lowest BCUT2D eigenvalue weighted by atomic mass is 10.0. The number of nitrogens with zero attached hydrogens (tertiary/aromatic N) is 2. The zero-order valence-corrected chi connectivity index (χ0v) is 13.9. The maximum absolute atomic E-state index is 12.6. The predicted molar refractivity (Wildman–Crippen MR) is 90.7 cm³/mol. The van der Waals surface area contributed by atoms with E-state index in [1.54, 1.807) is 0 Å². The van der Waals surface area contributed by atoms with Crippen LogP contribution in [-0.2, 0) is 7.05 Å². The van der Waals surface area contributed by atoms with Crippen LogP contribution in [0.2, 0.25) is 0 Å². The van der Waals surface area contributed by atoms with Gasteiger partial charge in [0.05, 0.1) is 12.2 Å². The molecule has 4 rings (SSSR count). The Hall–Kier alpha value is -2.27. The summed E-state index contributed by atoms with van der Waals surface area (Å²) >= 11 is 0. The van der Waals surface area contributed by atoms with Crippen LogP contribution in [0, 0.1) is 0 Å². The van der Waals surface area contributed by atoms with Gasteiger partial charge >= 0.3 is 0 Å². The molecule has 0 radical (unpaired) electrons. The second-order valence-electron chi connectivity index (χ2n) is 6.46. The molecular weight excluding hydrogens is 304 g/mol. The standard InChI is InChI=1S/C19H22N2O3/c1-20-8-2-5-16(20)17(22)13-21-9-3-4-15(21)14-6-7-18-19(12-14)24-11-10-23-18/h2,5-8,12,15H,3-4,9-11,13H2,1H3. The number of carbonyl (C=O) groups excluding carboxylic acids is 1. The Morgan fingerprint density at radius 2 is 2.04 bits per heavy atom. The lowest BCUT2D eigenvalue weighted by Gasteiger charge is -2.26. The summed E-state index contributed by atoms with van der Waals surface area (Å²) in [6.45, 7) is 2.61. The number of aromatic nitrogens is 1. The first-order valence-corrected chi connectivity index (χ1v) is 8.50. The topological polar surface area (TPSA) is 43.7 Å². The van der Waals surface area contributed by atoms with Gasteiger partial charge in [0.15, 0.2) is 17.3 Å². The van der Waals surface area contributed by atoms with E-state index in [0.29, 0.717) is 19.8 Å². The Morgan fingerprint density at radius 3 is 2.83 bits per heavy atom. The van der Waals surface area contributed by atoms with Crippen LogP contribution in [0.3, 0.4) is 0 Å². The number of rotatable bonds is 4. The van der Waals surface area contributed by atoms with Crippen LogP contribution >= 0.6 is 0 Å². The molecule has 1 saturated heterocycles. The van der Waals surface area contributed by atoms with Crippen molar-refractivity contribution in [3.63, 3.8) is 0 Å². The minimum atomic E-state index is 0.173. The highest BCUT2D eigenvalue weighted by Gasteiger charge is 2.29. The van der Waals surface area contributed by atoms with Crippen LogP contribution in [0.1, 0.15) is 34.9 Å². The van der Waals surface area contributed by atoms with Gasteiger partial charge in [0.25, 0.3) is 0 Å². The van der Waals surface area contributed by atoms with Crippen molar-refractivity contribution in [1.29, 1.82) is 0 Å². The number of aryl methyl sites for hydroxylation is 1. The van der Waals surface area contributed by atoms with Gasteiger partial charge < -0.3 is 14.0 Å². The van der Waals surface area contributed by atoms with E-state index < -0.39 is 0 Å². The number of hydrogen-bond acceptors (Lipinski definition) is 4. The third-order valence-electron chi connectivity index (χ3n) is 4.89. The van der Waals surface area contributed by atoms with Gasteiger partial charge in [-0.2, -0.15) is 0 Å². The third kappa shape index (κ3) is 2.80.